The summed E-state index contributed by atoms with van der Waals surface area (Å²) >= 11 is 0. The fourth-order valence-electron chi connectivity index (χ4n) is 1.68. The van der Waals surface area contributed by atoms with Crippen LogP contribution in [0.15, 0.2) is 0 Å². The molecular weight excluding hydrogens is 141 g/mol. The fourth-order valence-corrected chi connectivity index (χ4v) is 1.68. The molecule has 1 N–H and O–H groups in total. The van der Waals surface area contributed by atoms with Crippen molar-refractivity contribution in [2.75, 3.05) is 0 Å². The Bertz CT molecular complexity index is 152. The maximum atomic E-state index is 13.2. The van der Waals surface area contributed by atoms with Gasteiger partial charge in [-0.1, -0.05) is 0 Å². The Morgan fingerprint density at radius 1 is 1.36 bits per heavy atom. The lowest BCUT2D eigenvalue weighted by atomic mass is 9.81. The number of rotatable bonds is 0. The molecule has 0 amide bonds. The van der Waals surface area contributed by atoms with Gasteiger partial charge >= 0.3 is 0 Å². The van der Waals surface area contributed by atoms with Crippen molar-refractivity contribution in [3.8, 4) is 0 Å². The monoisotopic (exact) mass is 158 g/mol. The van der Waals surface area contributed by atoms with Crippen LogP contribution in [-0.2, 0) is 0 Å². The molecule has 65 valence electrons. The predicted octanol–water partition coefficient (Wildman–Crippen LogP) is 2.08. The van der Waals surface area contributed by atoms with E-state index in [9.17, 15) is 4.39 Å². The first kappa shape index (κ1) is 8.98. The van der Waals surface area contributed by atoms with E-state index in [4.69, 9.17) is 0 Å². The van der Waals surface area contributed by atoms with E-state index in [0.717, 1.165) is 6.42 Å². The first-order valence-electron chi connectivity index (χ1n) is 4.10. The lowest BCUT2D eigenvalue weighted by Gasteiger charge is -2.44. The Morgan fingerprint density at radius 2 is 1.91 bits per heavy atom. The average Bonchev–Trinajstić information content (AvgIpc) is 1.77. The van der Waals surface area contributed by atoms with Crippen LogP contribution in [0.2, 0.25) is 0 Å². The van der Waals surface area contributed by atoms with E-state index in [-0.39, 0.29) is 5.54 Å². The highest BCUT2D eigenvalue weighted by molar-refractivity contribution is 5.06. The fraction of sp³-hybridized carbons (Fsp3) is 0.889. The van der Waals surface area contributed by atoms with Gasteiger partial charge < -0.3 is 5.32 Å². The summed E-state index contributed by atoms with van der Waals surface area (Å²) in [5, 5.41) is 3.28. The minimum absolute atomic E-state index is 0.0477. The zero-order valence-corrected chi connectivity index (χ0v) is 7.74. The van der Waals surface area contributed by atoms with E-state index < -0.39 is 11.7 Å². The lowest BCUT2D eigenvalue weighted by Crippen LogP contribution is -2.61. The van der Waals surface area contributed by atoms with E-state index in [1.54, 1.807) is 6.42 Å². The summed E-state index contributed by atoms with van der Waals surface area (Å²) in [6.07, 6.45) is 1.74. The van der Waals surface area contributed by atoms with Gasteiger partial charge in [-0.3, -0.25) is 0 Å². The lowest BCUT2D eigenvalue weighted by molar-refractivity contribution is 0.119. The molecule has 0 aromatic carbocycles. The van der Waals surface area contributed by atoms with Gasteiger partial charge in [-0.2, -0.15) is 0 Å². The average molecular weight is 158 g/mol. The molecule has 1 heterocycles. The summed E-state index contributed by atoms with van der Waals surface area (Å²) in [5.41, 5.74) is -0.353. The number of hydrogen-bond acceptors (Lipinski definition) is 1. The van der Waals surface area contributed by atoms with Crippen LogP contribution in [0.25, 0.3) is 0 Å². The second-order valence-electron chi connectivity index (χ2n) is 4.57. The summed E-state index contributed by atoms with van der Waals surface area (Å²) in [7, 11) is 0. The van der Waals surface area contributed by atoms with Crippen LogP contribution < -0.4 is 5.32 Å². The Labute approximate surface area is 68.4 Å². The third kappa shape index (κ3) is 1.92. The van der Waals surface area contributed by atoms with Gasteiger partial charge in [-0.15, -0.1) is 0 Å². The number of piperidine rings is 1. The highest BCUT2D eigenvalue weighted by Gasteiger charge is 2.39. The third-order valence-corrected chi connectivity index (χ3v) is 2.19. The van der Waals surface area contributed by atoms with E-state index >= 15 is 0 Å². The summed E-state index contributed by atoms with van der Waals surface area (Å²) in [4.78, 5) is 0. The van der Waals surface area contributed by atoms with Crippen LogP contribution in [0.5, 0.6) is 0 Å². The number of nitrogens with one attached hydrogen (secondary N) is 1. The molecule has 0 aromatic heterocycles. The topological polar surface area (TPSA) is 12.0 Å². The predicted molar refractivity (Wildman–Crippen MR) is 45.1 cm³/mol. The van der Waals surface area contributed by atoms with Gasteiger partial charge in [-0.25, -0.2) is 4.39 Å². The molecule has 1 atom stereocenters. The Kier molecular flexibility index (Phi) is 1.99. The van der Waals surface area contributed by atoms with Gasteiger partial charge in [0.15, 0.2) is 0 Å². The van der Waals surface area contributed by atoms with E-state index in [0.29, 0.717) is 0 Å². The van der Waals surface area contributed by atoms with E-state index in [1.165, 1.54) is 0 Å². The molecule has 1 fully saturated rings. The number of hydrogen-bond donors (Lipinski definition) is 1. The van der Waals surface area contributed by atoms with Gasteiger partial charge in [0.25, 0.3) is 0 Å². The van der Waals surface area contributed by atoms with E-state index in [2.05, 4.69) is 19.2 Å². The van der Waals surface area contributed by atoms with Crippen molar-refractivity contribution in [3.63, 3.8) is 0 Å². The van der Waals surface area contributed by atoms with Crippen LogP contribution in [-0.4, -0.2) is 17.2 Å². The van der Waals surface area contributed by atoms with Crippen molar-refractivity contribution in [2.45, 2.75) is 51.4 Å². The Balaban J connectivity index is 2.67. The molecule has 11 heavy (non-hydrogen) atoms. The molecule has 1 aliphatic heterocycles. The SMILES string of the molecule is CC1(C)C[CH][C@H](F)C(C)(C)N1. The Hall–Kier alpha value is -0.110. The zero-order chi connectivity index (χ0) is 8.70. The smallest absolute Gasteiger partial charge is 0.121 e. The summed E-state index contributed by atoms with van der Waals surface area (Å²) in [6.45, 7) is 7.98. The molecule has 0 saturated carbocycles. The van der Waals surface area contributed by atoms with Gasteiger partial charge in [-0.05, 0) is 40.5 Å². The van der Waals surface area contributed by atoms with Crippen molar-refractivity contribution in [1.82, 2.24) is 5.32 Å². The zero-order valence-electron chi connectivity index (χ0n) is 7.74. The van der Waals surface area contributed by atoms with Crippen molar-refractivity contribution in [3.05, 3.63) is 6.42 Å². The summed E-state index contributed by atoms with van der Waals surface area (Å²) in [6, 6.07) is 0. The van der Waals surface area contributed by atoms with Crippen LogP contribution >= 0.6 is 0 Å². The molecule has 1 rings (SSSR count). The van der Waals surface area contributed by atoms with Crippen molar-refractivity contribution in [1.29, 1.82) is 0 Å². The molecule has 2 heteroatoms. The van der Waals surface area contributed by atoms with Crippen LogP contribution in [0.1, 0.15) is 34.1 Å². The second kappa shape index (κ2) is 2.44. The highest BCUT2D eigenvalue weighted by Crippen LogP contribution is 2.29. The van der Waals surface area contributed by atoms with Gasteiger partial charge in [0, 0.05) is 11.1 Å². The number of alkyl halides is 1. The molecule has 0 aliphatic carbocycles. The quantitative estimate of drug-likeness (QED) is 0.569. The highest BCUT2D eigenvalue weighted by atomic mass is 19.1. The molecule has 1 saturated heterocycles. The number of halogens is 1. The third-order valence-electron chi connectivity index (χ3n) is 2.19. The van der Waals surface area contributed by atoms with Crippen molar-refractivity contribution in [2.24, 2.45) is 0 Å². The molecule has 1 nitrogen and oxygen atoms in total. The minimum Gasteiger partial charge on any atom is -0.304 e. The normalized spacial score (nSPS) is 35.2. The van der Waals surface area contributed by atoms with E-state index in [1.807, 2.05) is 13.8 Å². The molecule has 0 unspecified atom stereocenters. The Morgan fingerprint density at radius 3 is 2.27 bits per heavy atom. The molecule has 0 aromatic rings. The molecule has 0 bridgehead atoms. The van der Waals surface area contributed by atoms with Crippen LogP contribution in [0.4, 0.5) is 4.39 Å². The maximum Gasteiger partial charge on any atom is 0.121 e. The van der Waals surface area contributed by atoms with Crippen LogP contribution in [0.3, 0.4) is 0 Å². The standard InChI is InChI=1S/C9H17FN/c1-8(2)6-5-7(10)9(3,4)11-8/h5,7,11H,6H2,1-4H3/t7-/m0/s1. The second-order valence-corrected chi connectivity index (χ2v) is 4.57. The molecule has 1 radical (unpaired) electrons. The first-order valence-corrected chi connectivity index (χ1v) is 4.10. The summed E-state index contributed by atoms with van der Waals surface area (Å²) in [5.74, 6) is 0. The van der Waals surface area contributed by atoms with Gasteiger partial charge in [0.05, 0.1) is 0 Å². The van der Waals surface area contributed by atoms with Crippen molar-refractivity contribution < 1.29 is 4.39 Å². The van der Waals surface area contributed by atoms with Crippen LogP contribution in [0, 0.1) is 6.42 Å². The molecule has 0 spiro atoms. The molecular formula is C9H17FN. The van der Waals surface area contributed by atoms with Gasteiger partial charge in [0.2, 0.25) is 0 Å². The first-order chi connectivity index (χ1) is 4.83. The largest absolute Gasteiger partial charge is 0.304 e. The minimum atomic E-state index is -0.824. The summed E-state index contributed by atoms with van der Waals surface area (Å²) < 4.78 is 13.2. The molecule has 1 aliphatic rings. The van der Waals surface area contributed by atoms with Crippen molar-refractivity contribution >= 4 is 0 Å². The maximum absolute atomic E-state index is 13.2. The van der Waals surface area contributed by atoms with Gasteiger partial charge in [0.1, 0.15) is 6.17 Å².